The Morgan fingerprint density at radius 2 is 2.33 bits per heavy atom. The Kier molecular flexibility index (Phi) is 3.84. The SMILES string of the molecule is Cc1c(NCc2ncc(Cl)s2)cccc1C(N)=O. The van der Waals surface area contributed by atoms with Gasteiger partial charge in [0.25, 0.3) is 0 Å². The van der Waals surface area contributed by atoms with Gasteiger partial charge in [-0.1, -0.05) is 17.7 Å². The summed E-state index contributed by atoms with van der Waals surface area (Å²) >= 11 is 7.23. The first-order valence-corrected chi connectivity index (χ1v) is 6.51. The molecule has 1 aromatic carbocycles. The largest absolute Gasteiger partial charge is 0.378 e. The number of carbonyl (C=O) groups is 1. The monoisotopic (exact) mass is 281 g/mol. The van der Waals surface area contributed by atoms with Gasteiger partial charge in [-0.3, -0.25) is 4.79 Å². The standard InChI is InChI=1S/C12H12ClN3OS/c1-7-8(12(14)17)3-2-4-9(7)15-6-11-16-5-10(13)18-11/h2-5,15H,6H2,1H3,(H2,14,17). The number of nitrogens with two attached hydrogens (primary N) is 1. The molecule has 0 aliphatic heterocycles. The summed E-state index contributed by atoms with van der Waals surface area (Å²) in [5.74, 6) is -0.423. The molecule has 1 aromatic heterocycles. The summed E-state index contributed by atoms with van der Waals surface area (Å²) in [7, 11) is 0. The van der Waals surface area contributed by atoms with Crippen molar-refractivity contribution in [2.45, 2.75) is 13.5 Å². The quantitative estimate of drug-likeness (QED) is 0.905. The van der Waals surface area contributed by atoms with Gasteiger partial charge in [-0.15, -0.1) is 11.3 Å². The van der Waals surface area contributed by atoms with Crippen LogP contribution in [0.5, 0.6) is 0 Å². The number of aromatic nitrogens is 1. The van der Waals surface area contributed by atoms with Crippen molar-refractivity contribution >= 4 is 34.5 Å². The molecular formula is C12H12ClN3OS. The van der Waals surface area contributed by atoms with Crippen molar-refractivity contribution in [2.24, 2.45) is 5.73 Å². The molecule has 0 unspecified atom stereocenters. The molecule has 0 atom stereocenters. The Labute approximate surface area is 114 Å². The van der Waals surface area contributed by atoms with E-state index in [2.05, 4.69) is 10.3 Å². The van der Waals surface area contributed by atoms with Crippen LogP contribution in [0, 0.1) is 6.92 Å². The second-order valence-electron chi connectivity index (χ2n) is 3.75. The van der Waals surface area contributed by atoms with Crippen LogP contribution in [-0.2, 0) is 6.54 Å². The highest BCUT2D eigenvalue weighted by atomic mass is 35.5. The number of thiazole rings is 1. The molecule has 2 rings (SSSR count). The van der Waals surface area contributed by atoms with Crippen molar-refractivity contribution in [3.05, 3.63) is 44.9 Å². The van der Waals surface area contributed by atoms with Gasteiger partial charge >= 0.3 is 0 Å². The van der Waals surface area contributed by atoms with E-state index in [9.17, 15) is 4.79 Å². The van der Waals surface area contributed by atoms with Gasteiger partial charge < -0.3 is 11.1 Å². The van der Waals surface area contributed by atoms with Crippen LogP contribution in [0.3, 0.4) is 0 Å². The van der Waals surface area contributed by atoms with Gasteiger partial charge in [0.2, 0.25) is 5.91 Å². The number of amides is 1. The summed E-state index contributed by atoms with van der Waals surface area (Å²) in [6, 6.07) is 5.41. The van der Waals surface area contributed by atoms with Crippen LogP contribution in [0.15, 0.2) is 24.4 Å². The number of hydrogen-bond donors (Lipinski definition) is 2. The Hall–Kier alpha value is -1.59. The Morgan fingerprint density at radius 1 is 1.56 bits per heavy atom. The summed E-state index contributed by atoms with van der Waals surface area (Å²) in [4.78, 5) is 15.4. The maximum absolute atomic E-state index is 11.2. The molecule has 0 aliphatic carbocycles. The van der Waals surface area contributed by atoms with Crippen molar-refractivity contribution in [2.75, 3.05) is 5.32 Å². The van der Waals surface area contributed by atoms with Gasteiger partial charge in [-0.2, -0.15) is 0 Å². The van der Waals surface area contributed by atoms with Gasteiger partial charge in [0.05, 0.1) is 12.7 Å². The predicted octanol–water partition coefficient (Wildman–Crippen LogP) is 2.82. The van der Waals surface area contributed by atoms with Gasteiger partial charge in [0.15, 0.2) is 0 Å². The number of hydrogen-bond acceptors (Lipinski definition) is 4. The molecule has 0 aliphatic rings. The van der Waals surface area contributed by atoms with E-state index in [1.807, 2.05) is 13.0 Å². The van der Waals surface area contributed by atoms with Crippen molar-refractivity contribution < 1.29 is 4.79 Å². The zero-order valence-electron chi connectivity index (χ0n) is 9.74. The van der Waals surface area contributed by atoms with Gasteiger partial charge in [0.1, 0.15) is 9.34 Å². The van der Waals surface area contributed by atoms with Crippen LogP contribution in [-0.4, -0.2) is 10.9 Å². The molecule has 18 heavy (non-hydrogen) atoms. The fourth-order valence-corrected chi connectivity index (χ4v) is 2.53. The third kappa shape index (κ3) is 2.80. The van der Waals surface area contributed by atoms with Crippen LogP contribution in [0.4, 0.5) is 5.69 Å². The lowest BCUT2D eigenvalue weighted by Crippen LogP contribution is -2.13. The number of benzene rings is 1. The number of anilines is 1. The van der Waals surface area contributed by atoms with E-state index in [-0.39, 0.29) is 0 Å². The van der Waals surface area contributed by atoms with E-state index < -0.39 is 5.91 Å². The first-order valence-electron chi connectivity index (χ1n) is 5.31. The molecule has 3 N–H and O–H groups in total. The molecule has 0 bridgehead atoms. The molecule has 4 nitrogen and oxygen atoms in total. The van der Waals surface area contributed by atoms with E-state index in [0.717, 1.165) is 16.3 Å². The molecule has 0 fully saturated rings. The lowest BCUT2D eigenvalue weighted by atomic mass is 10.1. The first kappa shape index (κ1) is 12.9. The van der Waals surface area contributed by atoms with E-state index in [1.54, 1.807) is 18.3 Å². The van der Waals surface area contributed by atoms with E-state index in [1.165, 1.54) is 11.3 Å². The van der Waals surface area contributed by atoms with Gasteiger partial charge in [0, 0.05) is 11.3 Å². The fraction of sp³-hybridized carbons (Fsp3) is 0.167. The highest BCUT2D eigenvalue weighted by Crippen LogP contribution is 2.22. The Morgan fingerprint density at radius 3 is 2.94 bits per heavy atom. The number of primary amides is 1. The third-order valence-electron chi connectivity index (χ3n) is 2.55. The van der Waals surface area contributed by atoms with Crippen LogP contribution in [0.1, 0.15) is 20.9 Å². The van der Waals surface area contributed by atoms with E-state index in [4.69, 9.17) is 17.3 Å². The third-order valence-corrected chi connectivity index (χ3v) is 3.67. The zero-order chi connectivity index (χ0) is 13.1. The maximum atomic E-state index is 11.2. The molecule has 0 radical (unpaired) electrons. The molecule has 0 saturated heterocycles. The van der Waals surface area contributed by atoms with E-state index >= 15 is 0 Å². The number of nitrogens with zero attached hydrogens (tertiary/aromatic N) is 1. The minimum atomic E-state index is -0.423. The molecule has 1 heterocycles. The number of carbonyl (C=O) groups excluding carboxylic acids is 1. The van der Waals surface area contributed by atoms with Gasteiger partial charge in [-0.25, -0.2) is 4.98 Å². The second kappa shape index (κ2) is 5.37. The van der Waals surface area contributed by atoms with Crippen molar-refractivity contribution in [3.8, 4) is 0 Å². The summed E-state index contributed by atoms with van der Waals surface area (Å²) in [6.07, 6.45) is 1.62. The average Bonchev–Trinajstić information content (AvgIpc) is 2.73. The Bertz CT molecular complexity index is 582. The van der Waals surface area contributed by atoms with Crippen LogP contribution in [0.25, 0.3) is 0 Å². The minimum Gasteiger partial charge on any atom is -0.378 e. The van der Waals surface area contributed by atoms with Crippen molar-refractivity contribution in [1.82, 2.24) is 4.98 Å². The van der Waals surface area contributed by atoms with E-state index in [0.29, 0.717) is 16.4 Å². The van der Waals surface area contributed by atoms with Crippen LogP contribution < -0.4 is 11.1 Å². The second-order valence-corrected chi connectivity index (χ2v) is 5.50. The molecule has 2 aromatic rings. The van der Waals surface area contributed by atoms with Crippen molar-refractivity contribution in [3.63, 3.8) is 0 Å². The topological polar surface area (TPSA) is 68.0 Å². The molecule has 0 spiro atoms. The lowest BCUT2D eigenvalue weighted by molar-refractivity contribution is 0.1000. The number of halogens is 1. The van der Waals surface area contributed by atoms with Crippen LogP contribution >= 0.6 is 22.9 Å². The molecule has 94 valence electrons. The predicted molar refractivity (Wildman–Crippen MR) is 74.1 cm³/mol. The zero-order valence-corrected chi connectivity index (χ0v) is 11.3. The lowest BCUT2D eigenvalue weighted by Gasteiger charge is -2.10. The maximum Gasteiger partial charge on any atom is 0.249 e. The first-order chi connectivity index (χ1) is 8.58. The highest BCUT2D eigenvalue weighted by molar-refractivity contribution is 7.15. The highest BCUT2D eigenvalue weighted by Gasteiger charge is 2.08. The van der Waals surface area contributed by atoms with Crippen molar-refractivity contribution in [1.29, 1.82) is 0 Å². The van der Waals surface area contributed by atoms with Gasteiger partial charge in [-0.05, 0) is 24.6 Å². The summed E-state index contributed by atoms with van der Waals surface area (Å²) in [6.45, 7) is 2.43. The molecule has 1 amide bonds. The smallest absolute Gasteiger partial charge is 0.249 e. The molecule has 6 heteroatoms. The molecular weight excluding hydrogens is 270 g/mol. The summed E-state index contributed by atoms with van der Waals surface area (Å²) < 4.78 is 0.661. The Balaban J connectivity index is 2.14. The summed E-state index contributed by atoms with van der Waals surface area (Å²) in [5.41, 5.74) is 7.54. The average molecular weight is 282 g/mol. The summed E-state index contributed by atoms with van der Waals surface area (Å²) in [5, 5.41) is 4.11. The normalized spacial score (nSPS) is 10.3. The number of rotatable bonds is 4. The van der Waals surface area contributed by atoms with Crippen LogP contribution in [0.2, 0.25) is 4.34 Å². The fourth-order valence-electron chi connectivity index (χ4n) is 1.63. The minimum absolute atomic E-state index is 0.423. The molecule has 0 saturated carbocycles. The number of nitrogens with one attached hydrogen (secondary N) is 1.